The molecule has 1 atom stereocenters. The quantitative estimate of drug-likeness (QED) is 0.474. The third kappa shape index (κ3) is 7.79. The second-order valence-electron chi connectivity index (χ2n) is 5.69. The van der Waals surface area contributed by atoms with Gasteiger partial charge in [0.2, 0.25) is 10.0 Å². The summed E-state index contributed by atoms with van der Waals surface area (Å²) in [5, 5.41) is 2.57. The van der Waals surface area contributed by atoms with Crippen molar-refractivity contribution in [1.82, 2.24) is 10.0 Å². The van der Waals surface area contributed by atoms with Crippen LogP contribution < -0.4 is 10.0 Å². The van der Waals surface area contributed by atoms with E-state index in [0.717, 1.165) is 5.56 Å². The summed E-state index contributed by atoms with van der Waals surface area (Å²) in [6.07, 6.45) is 5.19. The monoisotopic (exact) mass is 382 g/mol. The number of amides is 1. The number of benzene rings is 1. The van der Waals surface area contributed by atoms with Gasteiger partial charge in [-0.2, -0.15) is 0 Å². The Hall–Kier alpha value is -2.19. The number of hydrogen-bond donors (Lipinski definition) is 2. The maximum absolute atomic E-state index is 12.2. The van der Waals surface area contributed by atoms with Crippen LogP contribution in [0.25, 0.3) is 6.08 Å². The molecule has 2 N–H and O–H groups in total. The molecule has 1 amide bonds. The molecule has 0 fully saturated rings. The van der Waals surface area contributed by atoms with Crippen molar-refractivity contribution in [3.63, 3.8) is 0 Å². The highest BCUT2D eigenvalue weighted by molar-refractivity contribution is 7.89. The van der Waals surface area contributed by atoms with Gasteiger partial charge in [0.05, 0.1) is 12.9 Å². The van der Waals surface area contributed by atoms with Crippen LogP contribution in [0.15, 0.2) is 30.3 Å². The lowest BCUT2D eigenvalue weighted by Crippen LogP contribution is -2.39. The number of sulfonamides is 1. The Balaban J connectivity index is 2.53. The predicted octanol–water partition coefficient (Wildman–Crippen LogP) is 1.71. The van der Waals surface area contributed by atoms with Gasteiger partial charge in [0, 0.05) is 12.1 Å². The maximum atomic E-state index is 12.2. The summed E-state index contributed by atoms with van der Waals surface area (Å²) in [5.41, 5.74) is 1.29. The molecule has 0 bridgehead atoms. The third-order valence-corrected chi connectivity index (χ3v) is 5.02. The van der Waals surface area contributed by atoms with Crippen molar-refractivity contribution < 1.29 is 22.7 Å². The smallest absolute Gasteiger partial charge is 0.328 e. The molecule has 0 aliphatic heterocycles. The van der Waals surface area contributed by atoms with E-state index in [9.17, 15) is 18.0 Å². The molecule has 0 heterocycles. The number of ether oxygens (including phenoxy) is 1. The molecule has 1 rings (SSSR count). The Kier molecular flexibility index (Phi) is 9.01. The van der Waals surface area contributed by atoms with Crippen molar-refractivity contribution in [2.75, 3.05) is 19.4 Å². The number of unbranched alkanes of at least 4 members (excludes halogenated alkanes) is 1. The molecule has 0 spiro atoms. The first-order valence-corrected chi connectivity index (χ1v) is 10.1. The van der Waals surface area contributed by atoms with Crippen LogP contribution in [0.4, 0.5) is 0 Å². The van der Waals surface area contributed by atoms with Gasteiger partial charge in [-0.05, 0) is 44.4 Å². The van der Waals surface area contributed by atoms with E-state index in [1.807, 2.05) is 18.2 Å². The molecular weight excluding hydrogens is 356 g/mol. The molecule has 1 aromatic carbocycles. The lowest BCUT2D eigenvalue weighted by molar-refractivity contribution is -0.142. The summed E-state index contributed by atoms with van der Waals surface area (Å²) in [5.74, 6) is -0.785. The second-order valence-corrected chi connectivity index (χ2v) is 7.78. The zero-order chi connectivity index (χ0) is 19.6. The van der Waals surface area contributed by atoms with Gasteiger partial charge < -0.3 is 10.1 Å². The number of esters is 1. The summed E-state index contributed by atoms with van der Waals surface area (Å²) >= 11 is 0. The van der Waals surface area contributed by atoms with Crippen LogP contribution >= 0.6 is 0 Å². The Morgan fingerprint density at radius 2 is 2.04 bits per heavy atom. The molecule has 0 saturated carbocycles. The summed E-state index contributed by atoms with van der Waals surface area (Å²) in [7, 11) is -1.88. The summed E-state index contributed by atoms with van der Waals surface area (Å²) in [4.78, 5) is 23.5. The van der Waals surface area contributed by atoms with Gasteiger partial charge in [-0.3, -0.25) is 4.79 Å². The Morgan fingerprint density at radius 1 is 1.31 bits per heavy atom. The van der Waals surface area contributed by atoms with Gasteiger partial charge in [-0.25, -0.2) is 17.9 Å². The largest absolute Gasteiger partial charge is 0.467 e. The van der Waals surface area contributed by atoms with Crippen molar-refractivity contribution in [1.29, 1.82) is 0 Å². The minimum Gasteiger partial charge on any atom is -0.467 e. The van der Waals surface area contributed by atoms with Crippen LogP contribution in [0.1, 0.15) is 42.6 Å². The van der Waals surface area contributed by atoms with Crippen LogP contribution in [0.3, 0.4) is 0 Å². The van der Waals surface area contributed by atoms with E-state index < -0.39 is 22.0 Å². The maximum Gasteiger partial charge on any atom is 0.328 e. The fourth-order valence-corrected chi connectivity index (χ4v) is 2.73. The number of carbonyl (C=O) groups excluding carboxylic acids is 2. The Morgan fingerprint density at radius 3 is 2.69 bits per heavy atom. The first-order chi connectivity index (χ1) is 12.3. The highest BCUT2D eigenvalue weighted by atomic mass is 32.2. The van der Waals surface area contributed by atoms with Crippen molar-refractivity contribution >= 4 is 28.0 Å². The summed E-state index contributed by atoms with van der Waals surface area (Å²) < 4.78 is 29.7. The van der Waals surface area contributed by atoms with Gasteiger partial charge in [-0.1, -0.05) is 24.3 Å². The van der Waals surface area contributed by atoms with E-state index >= 15 is 0 Å². The van der Waals surface area contributed by atoms with Gasteiger partial charge >= 0.3 is 5.97 Å². The number of carbonyl (C=O) groups is 2. The summed E-state index contributed by atoms with van der Waals surface area (Å²) in [6.45, 7) is 3.55. The number of allylic oxidation sites excluding steroid dienone is 1. The van der Waals surface area contributed by atoms with Gasteiger partial charge in [0.15, 0.2) is 0 Å². The number of hydrogen-bond acceptors (Lipinski definition) is 5. The van der Waals surface area contributed by atoms with E-state index in [0.29, 0.717) is 24.9 Å². The fourth-order valence-electron chi connectivity index (χ4n) is 2.07. The first-order valence-electron chi connectivity index (χ1n) is 8.41. The van der Waals surface area contributed by atoms with E-state index in [-0.39, 0.29) is 11.7 Å². The molecule has 0 aromatic heterocycles. The minimum atomic E-state index is -3.14. The van der Waals surface area contributed by atoms with Crippen molar-refractivity contribution in [3.05, 3.63) is 41.5 Å². The zero-order valence-electron chi connectivity index (χ0n) is 15.3. The number of nitrogens with one attached hydrogen (secondary N) is 2. The molecule has 0 aliphatic carbocycles. The normalized spacial score (nSPS) is 12.7. The van der Waals surface area contributed by atoms with Crippen molar-refractivity contribution in [2.24, 2.45) is 0 Å². The fraction of sp³-hybridized carbons (Fsp3) is 0.444. The Labute approximate surface area is 154 Å². The summed E-state index contributed by atoms with van der Waals surface area (Å²) in [6, 6.07) is 6.27. The molecule has 0 saturated heterocycles. The molecule has 8 heteroatoms. The SMILES string of the molecule is CCS(=O)(=O)NCCC/C=C/c1cccc(C(=O)NC(C)C(=O)OC)c1. The molecule has 0 aliphatic rings. The van der Waals surface area contributed by atoms with Crippen molar-refractivity contribution in [2.45, 2.75) is 32.7 Å². The second kappa shape index (κ2) is 10.7. The number of rotatable bonds is 10. The topological polar surface area (TPSA) is 102 Å². The van der Waals surface area contributed by atoms with Gasteiger partial charge in [0.1, 0.15) is 6.04 Å². The average molecular weight is 382 g/mol. The van der Waals surface area contributed by atoms with Gasteiger partial charge in [-0.15, -0.1) is 0 Å². The average Bonchev–Trinajstić information content (AvgIpc) is 2.63. The highest BCUT2D eigenvalue weighted by Gasteiger charge is 2.16. The lowest BCUT2D eigenvalue weighted by Gasteiger charge is -2.11. The van der Waals surface area contributed by atoms with Crippen LogP contribution in [-0.2, 0) is 19.6 Å². The first kappa shape index (κ1) is 21.9. The van der Waals surface area contributed by atoms with E-state index in [1.54, 1.807) is 32.0 Å². The van der Waals surface area contributed by atoms with Crippen LogP contribution in [0.5, 0.6) is 0 Å². The minimum absolute atomic E-state index is 0.0757. The standard InChI is InChI=1S/C18H26N2O5S/c1-4-26(23,24)19-12-7-5-6-9-15-10-8-11-16(13-15)17(21)20-14(2)18(22)25-3/h6,8-11,13-14,19H,4-5,7,12H2,1-3H3,(H,20,21)/b9-6+. The molecule has 1 aromatic rings. The molecule has 26 heavy (non-hydrogen) atoms. The van der Waals surface area contributed by atoms with Crippen LogP contribution in [-0.4, -0.2) is 45.7 Å². The zero-order valence-corrected chi connectivity index (χ0v) is 16.1. The third-order valence-electron chi connectivity index (χ3n) is 3.61. The van der Waals surface area contributed by atoms with E-state index in [4.69, 9.17) is 0 Å². The Bertz CT molecular complexity index is 744. The number of methoxy groups -OCH3 is 1. The van der Waals surface area contributed by atoms with E-state index in [1.165, 1.54) is 7.11 Å². The molecular formula is C18H26N2O5S. The molecule has 1 unspecified atom stereocenters. The molecule has 7 nitrogen and oxygen atoms in total. The molecule has 144 valence electrons. The van der Waals surface area contributed by atoms with Gasteiger partial charge in [0.25, 0.3) is 5.91 Å². The van der Waals surface area contributed by atoms with Crippen molar-refractivity contribution in [3.8, 4) is 0 Å². The highest BCUT2D eigenvalue weighted by Crippen LogP contribution is 2.09. The van der Waals surface area contributed by atoms with Crippen LogP contribution in [0.2, 0.25) is 0 Å². The van der Waals surface area contributed by atoms with Crippen LogP contribution in [0, 0.1) is 0 Å². The predicted molar refractivity (Wildman–Crippen MR) is 101 cm³/mol. The van der Waals surface area contributed by atoms with E-state index in [2.05, 4.69) is 14.8 Å². The molecule has 0 radical (unpaired) electrons. The lowest BCUT2D eigenvalue weighted by atomic mass is 10.1.